The van der Waals surface area contributed by atoms with Gasteiger partial charge in [0.05, 0.1) is 19.3 Å². The van der Waals surface area contributed by atoms with Gasteiger partial charge < -0.3 is 14.6 Å². The fourth-order valence-electron chi connectivity index (χ4n) is 2.92. The molecule has 23 heavy (non-hydrogen) atoms. The monoisotopic (exact) mass is 328 g/mol. The van der Waals surface area contributed by atoms with E-state index in [1.54, 1.807) is 0 Å². The van der Waals surface area contributed by atoms with Gasteiger partial charge in [0.2, 0.25) is 0 Å². The van der Waals surface area contributed by atoms with Crippen molar-refractivity contribution in [2.75, 3.05) is 13.2 Å². The topological polar surface area (TPSA) is 72.8 Å². The molecule has 0 bridgehead atoms. The molecule has 1 aliphatic rings. The first-order valence-electron chi connectivity index (χ1n) is 9.07. The van der Waals surface area contributed by atoms with Crippen LogP contribution in [0.3, 0.4) is 0 Å². The summed E-state index contributed by atoms with van der Waals surface area (Å²) in [5.41, 5.74) is 0. The van der Waals surface area contributed by atoms with E-state index in [9.17, 15) is 14.7 Å². The Labute approximate surface area is 139 Å². The lowest BCUT2D eigenvalue weighted by Crippen LogP contribution is -2.39. The average molecular weight is 328 g/mol. The minimum Gasteiger partial charge on any atom is -0.465 e. The molecule has 0 aromatic rings. The summed E-state index contributed by atoms with van der Waals surface area (Å²) in [6.07, 6.45) is 6.58. The van der Waals surface area contributed by atoms with Crippen LogP contribution in [0.5, 0.6) is 0 Å². The molecule has 1 aliphatic carbocycles. The molecule has 2 unspecified atom stereocenters. The molecule has 2 atom stereocenters. The van der Waals surface area contributed by atoms with Crippen LogP contribution in [0.2, 0.25) is 0 Å². The van der Waals surface area contributed by atoms with Crippen LogP contribution in [-0.2, 0) is 19.1 Å². The van der Waals surface area contributed by atoms with Crippen LogP contribution < -0.4 is 0 Å². The van der Waals surface area contributed by atoms with Crippen molar-refractivity contribution in [1.29, 1.82) is 0 Å². The molecule has 0 heterocycles. The quantitative estimate of drug-likeness (QED) is 0.623. The van der Waals surface area contributed by atoms with Crippen LogP contribution in [0.15, 0.2) is 0 Å². The second-order valence-corrected chi connectivity index (χ2v) is 6.51. The molecule has 1 rings (SSSR count). The number of carbonyl (C=O) groups is 2. The van der Waals surface area contributed by atoms with Crippen molar-refractivity contribution in [3.8, 4) is 0 Å². The zero-order valence-corrected chi connectivity index (χ0v) is 14.6. The molecule has 0 aliphatic heterocycles. The highest BCUT2D eigenvalue weighted by Gasteiger charge is 2.33. The molecule has 0 aromatic carbocycles. The third-order valence-electron chi connectivity index (χ3n) is 4.50. The molecule has 134 valence electrons. The molecule has 1 N–H and O–H groups in total. The predicted octanol–water partition coefficient (Wildman–Crippen LogP) is 3.23. The van der Waals surface area contributed by atoms with E-state index in [0.29, 0.717) is 12.8 Å². The summed E-state index contributed by atoms with van der Waals surface area (Å²) in [5.74, 6) is -0.471. The predicted molar refractivity (Wildman–Crippen MR) is 87.8 cm³/mol. The molecule has 1 saturated carbocycles. The van der Waals surface area contributed by atoms with Crippen molar-refractivity contribution in [2.45, 2.75) is 77.7 Å². The lowest BCUT2D eigenvalue weighted by Gasteiger charge is -2.34. The normalized spacial score (nSPS) is 24.2. The molecular weight excluding hydrogens is 296 g/mol. The zero-order valence-electron chi connectivity index (χ0n) is 14.6. The Bertz CT molecular complexity index is 323. The molecule has 0 amide bonds. The minimum atomic E-state index is -0.568. The van der Waals surface area contributed by atoms with Crippen molar-refractivity contribution in [2.24, 2.45) is 11.8 Å². The third-order valence-corrected chi connectivity index (χ3v) is 4.50. The fraction of sp³-hybridized carbons (Fsp3) is 0.889. The first-order valence-corrected chi connectivity index (χ1v) is 9.07. The van der Waals surface area contributed by atoms with Gasteiger partial charge in [0.15, 0.2) is 0 Å². The highest BCUT2D eigenvalue weighted by Crippen LogP contribution is 2.30. The van der Waals surface area contributed by atoms with Gasteiger partial charge in [-0.15, -0.1) is 0 Å². The van der Waals surface area contributed by atoms with Crippen molar-refractivity contribution >= 4 is 11.9 Å². The highest BCUT2D eigenvalue weighted by atomic mass is 16.5. The van der Waals surface area contributed by atoms with Crippen LogP contribution in [0.25, 0.3) is 0 Å². The van der Waals surface area contributed by atoms with Gasteiger partial charge in [-0.1, -0.05) is 33.1 Å². The van der Waals surface area contributed by atoms with Crippen LogP contribution in [0.1, 0.15) is 71.6 Å². The van der Waals surface area contributed by atoms with Crippen LogP contribution >= 0.6 is 0 Å². The molecule has 0 spiro atoms. The summed E-state index contributed by atoms with van der Waals surface area (Å²) < 4.78 is 10.5. The second-order valence-electron chi connectivity index (χ2n) is 6.51. The van der Waals surface area contributed by atoms with Crippen LogP contribution in [0, 0.1) is 11.8 Å². The maximum Gasteiger partial charge on any atom is 0.305 e. The molecule has 5 heteroatoms. The summed E-state index contributed by atoms with van der Waals surface area (Å²) in [6, 6.07) is 0. The Morgan fingerprint density at radius 2 is 1.35 bits per heavy atom. The van der Waals surface area contributed by atoms with Gasteiger partial charge >= 0.3 is 11.9 Å². The lowest BCUT2D eigenvalue weighted by molar-refractivity contribution is -0.150. The first kappa shape index (κ1) is 19.9. The summed E-state index contributed by atoms with van der Waals surface area (Å²) in [5, 5.41) is 10.4. The Morgan fingerprint density at radius 3 is 1.74 bits per heavy atom. The molecule has 0 radical (unpaired) electrons. The highest BCUT2D eigenvalue weighted by molar-refractivity contribution is 5.69. The summed E-state index contributed by atoms with van der Waals surface area (Å²) in [7, 11) is 0. The van der Waals surface area contributed by atoms with E-state index in [1.165, 1.54) is 0 Å². The molecule has 5 nitrogen and oxygen atoms in total. The van der Waals surface area contributed by atoms with Crippen molar-refractivity contribution < 1.29 is 24.2 Å². The van der Waals surface area contributed by atoms with Crippen LogP contribution in [0.4, 0.5) is 0 Å². The van der Waals surface area contributed by atoms with Gasteiger partial charge in [-0.3, -0.25) is 9.59 Å². The number of rotatable bonds is 10. The Hall–Kier alpha value is -1.10. The largest absolute Gasteiger partial charge is 0.465 e. The van der Waals surface area contributed by atoms with E-state index < -0.39 is 6.10 Å². The van der Waals surface area contributed by atoms with Gasteiger partial charge in [0.25, 0.3) is 0 Å². The maximum atomic E-state index is 11.6. The van der Waals surface area contributed by atoms with Crippen molar-refractivity contribution in [3.63, 3.8) is 0 Å². The molecule has 0 saturated heterocycles. The number of carbonyl (C=O) groups excluding carboxylic acids is 2. The fourth-order valence-corrected chi connectivity index (χ4v) is 2.92. The summed E-state index contributed by atoms with van der Waals surface area (Å²) >= 11 is 0. The Balaban J connectivity index is 2.31. The Kier molecular flexibility index (Phi) is 9.92. The van der Waals surface area contributed by atoms with E-state index in [1.807, 2.05) is 13.8 Å². The average Bonchev–Trinajstić information content (AvgIpc) is 2.56. The smallest absolute Gasteiger partial charge is 0.305 e. The number of ether oxygens (including phenoxy) is 2. The molecule has 1 fully saturated rings. The second kappa shape index (κ2) is 11.4. The number of esters is 2. The number of hydrogen-bond donors (Lipinski definition) is 1. The number of unbranched alkanes of at least 4 members (excludes halogenated alkanes) is 2. The van der Waals surface area contributed by atoms with Gasteiger partial charge in [0, 0.05) is 24.7 Å². The molecule has 0 aromatic heterocycles. The maximum absolute atomic E-state index is 11.6. The lowest BCUT2D eigenvalue weighted by atomic mass is 9.79. The van der Waals surface area contributed by atoms with E-state index in [-0.39, 0.29) is 37.0 Å². The van der Waals surface area contributed by atoms with Gasteiger partial charge in [0.1, 0.15) is 0 Å². The van der Waals surface area contributed by atoms with Gasteiger partial charge in [-0.25, -0.2) is 0 Å². The van der Waals surface area contributed by atoms with Crippen LogP contribution in [-0.4, -0.2) is 36.4 Å². The first-order chi connectivity index (χ1) is 11.1. The summed E-state index contributed by atoms with van der Waals surface area (Å²) in [4.78, 5) is 23.1. The molecular formula is C18H32O5. The van der Waals surface area contributed by atoms with E-state index in [4.69, 9.17) is 9.47 Å². The number of aliphatic hydroxyl groups is 1. The van der Waals surface area contributed by atoms with Crippen molar-refractivity contribution in [1.82, 2.24) is 0 Å². The number of aliphatic hydroxyl groups excluding tert-OH is 1. The zero-order chi connectivity index (χ0) is 17.1. The van der Waals surface area contributed by atoms with E-state index in [0.717, 1.165) is 44.9 Å². The third kappa shape index (κ3) is 7.82. The minimum absolute atomic E-state index is 0.0475. The van der Waals surface area contributed by atoms with E-state index in [2.05, 4.69) is 0 Å². The van der Waals surface area contributed by atoms with E-state index >= 15 is 0 Å². The van der Waals surface area contributed by atoms with Gasteiger partial charge in [-0.05, 0) is 25.7 Å². The standard InChI is InChI=1S/C18H32O5/c1-3-5-10-16(19)22-12-14-8-7-9-15(18(14)21)13-23-17(20)11-6-4-2/h14-15,18,21H,3-13H2,1-2H3. The van der Waals surface area contributed by atoms with Gasteiger partial charge in [-0.2, -0.15) is 0 Å². The Morgan fingerprint density at radius 1 is 0.913 bits per heavy atom. The van der Waals surface area contributed by atoms with Crippen molar-refractivity contribution in [3.05, 3.63) is 0 Å². The SMILES string of the molecule is CCCCC(=O)OCC1CCCC(COC(=O)CCCC)C1O. The number of hydrogen-bond acceptors (Lipinski definition) is 5. The summed E-state index contributed by atoms with van der Waals surface area (Å²) in [6.45, 7) is 4.60.